The monoisotopic (exact) mass is 302 g/mol. The standard InChI is InChI=1S/C17H26N4O/c1-14-3-4-16-15(13-14)19-17(5-6-18-2)21(16)8-7-20-9-11-22-12-10-20/h3-4,13,18H,5-12H2,1-2H3. The van der Waals surface area contributed by atoms with Crippen molar-refractivity contribution >= 4 is 11.0 Å². The second-order valence-electron chi connectivity index (χ2n) is 5.98. The summed E-state index contributed by atoms with van der Waals surface area (Å²) in [6, 6.07) is 6.57. The fraction of sp³-hybridized carbons (Fsp3) is 0.588. The van der Waals surface area contributed by atoms with Crippen molar-refractivity contribution in [2.45, 2.75) is 19.9 Å². The van der Waals surface area contributed by atoms with Gasteiger partial charge >= 0.3 is 0 Å². The van der Waals surface area contributed by atoms with Crippen molar-refractivity contribution in [2.24, 2.45) is 0 Å². The van der Waals surface area contributed by atoms with Gasteiger partial charge in [0.1, 0.15) is 5.82 Å². The normalized spacial score (nSPS) is 16.5. The Morgan fingerprint density at radius 1 is 1.23 bits per heavy atom. The minimum Gasteiger partial charge on any atom is -0.379 e. The lowest BCUT2D eigenvalue weighted by Gasteiger charge is -2.27. The van der Waals surface area contributed by atoms with Crippen LogP contribution in [0.5, 0.6) is 0 Å². The number of ether oxygens (including phenoxy) is 1. The first-order valence-corrected chi connectivity index (χ1v) is 8.18. The molecule has 1 fully saturated rings. The summed E-state index contributed by atoms with van der Waals surface area (Å²) < 4.78 is 7.82. The van der Waals surface area contributed by atoms with Gasteiger partial charge in [0.25, 0.3) is 0 Å². The number of aryl methyl sites for hydroxylation is 1. The van der Waals surface area contributed by atoms with E-state index in [0.717, 1.165) is 57.9 Å². The summed E-state index contributed by atoms with van der Waals surface area (Å²) in [4.78, 5) is 7.33. The maximum Gasteiger partial charge on any atom is 0.111 e. The molecule has 22 heavy (non-hydrogen) atoms. The second-order valence-corrected chi connectivity index (χ2v) is 5.98. The first-order valence-electron chi connectivity index (χ1n) is 8.18. The highest BCUT2D eigenvalue weighted by molar-refractivity contribution is 5.76. The summed E-state index contributed by atoms with van der Waals surface area (Å²) in [6.45, 7) is 8.94. The third-order valence-electron chi connectivity index (χ3n) is 4.32. The molecule has 1 aliphatic rings. The molecular weight excluding hydrogens is 276 g/mol. The van der Waals surface area contributed by atoms with Crippen LogP contribution in [0.25, 0.3) is 11.0 Å². The zero-order chi connectivity index (χ0) is 15.4. The van der Waals surface area contributed by atoms with E-state index in [1.165, 1.54) is 16.9 Å². The van der Waals surface area contributed by atoms with E-state index in [2.05, 4.69) is 39.9 Å². The summed E-state index contributed by atoms with van der Waals surface area (Å²) in [5, 5.41) is 3.22. The lowest BCUT2D eigenvalue weighted by atomic mass is 10.2. The van der Waals surface area contributed by atoms with E-state index in [-0.39, 0.29) is 0 Å². The number of rotatable bonds is 6. The zero-order valence-corrected chi connectivity index (χ0v) is 13.6. The number of morpholine rings is 1. The maximum absolute atomic E-state index is 5.43. The number of fused-ring (bicyclic) bond motifs is 1. The Bertz CT molecular complexity index is 616. The van der Waals surface area contributed by atoms with Gasteiger partial charge in [-0.2, -0.15) is 0 Å². The van der Waals surface area contributed by atoms with E-state index in [9.17, 15) is 0 Å². The molecule has 0 saturated carbocycles. The molecule has 1 N–H and O–H groups in total. The molecule has 0 unspecified atom stereocenters. The van der Waals surface area contributed by atoms with Crippen LogP contribution in [-0.2, 0) is 17.7 Å². The molecule has 1 aromatic heterocycles. The van der Waals surface area contributed by atoms with Crippen LogP contribution in [0.15, 0.2) is 18.2 Å². The molecule has 0 atom stereocenters. The first kappa shape index (κ1) is 15.5. The van der Waals surface area contributed by atoms with Crippen molar-refractivity contribution in [3.05, 3.63) is 29.6 Å². The number of hydrogen-bond acceptors (Lipinski definition) is 4. The molecule has 5 heteroatoms. The molecule has 3 rings (SSSR count). The van der Waals surface area contributed by atoms with Crippen LogP contribution in [0.4, 0.5) is 0 Å². The molecule has 1 aromatic carbocycles. The van der Waals surface area contributed by atoms with Gasteiger partial charge in [0.2, 0.25) is 0 Å². The minimum absolute atomic E-state index is 0.858. The third kappa shape index (κ3) is 3.48. The van der Waals surface area contributed by atoms with Gasteiger partial charge in [-0.25, -0.2) is 4.98 Å². The lowest BCUT2D eigenvalue weighted by Crippen LogP contribution is -2.38. The predicted octanol–water partition coefficient (Wildman–Crippen LogP) is 1.44. The number of likely N-dealkylation sites (N-methyl/N-ethyl adjacent to an activating group) is 1. The first-order chi connectivity index (χ1) is 10.8. The molecule has 5 nitrogen and oxygen atoms in total. The zero-order valence-electron chi connectivity index (χ0n) is 13.6. The lowest BCUT2D eigenvalue weighted by molar-refractivity contribution is 0.0364. The van der Waals surface area contributed by atoms with Gasteiger partial charge in [-0.05, 0) is 31.7 Å². The molecular formula is C17H26N4O. The molecule has 2 heterocycles. The van der Waals surface area contributed by atoms with Crippen molar-refractivity contribution in [3.8, 4) is 0 Å². The number of imidazole rings is 1. The van der Waals surface area contributed by atoms with Gasteiger partial charge < -0.3 is 14.6 Å². The smallest absolute Gasteiger partial charge is 0.111 e. The molecule has 0 spiro atoms. The van der Waals surface area contributed by atoms with Crippen molar-refractivity contribution in [2.75, 3.05) is 46.4 Å². The highest BCUT2D eigenvalue weighted by Gasteiger charge is 2.14. The molecule has 0 radical (unpaired) electrons. The Morgan fingerprint density at radius 2 is 2.05 bits per heavy atom. The van der Waals surface area contributed by atoms with Crippen molar-refractivity contribution in [1.82, 2.24) is 19.8 Å². The van der Waals surface area contributed by atoms with Crippen molar-refractivity contribution < 1.29 is 4.74 Å². The number of nitrogens with one attached hydrogen (secondary N) is 1. The van der Waals surface area contributed by atoms with Crippen LogP contribution in [0.1, 0.15) is 11.4 Å². The summed E-state index contributed by atoms with van der Waals surface area (Å²) in [5.74, 6) is 1.18. The molecule has 0 bridgehead atoms. The summed E-state index contributed by atoms with van der Waals surface area (Å²) >= 11 is 0. The number of aromatic nitrogens is 2. The van der Waals surface area contributed by atoms with Crippen LogP contribution in [0.2, 0.25) is 0 Å². The second kappa shape index (κ2) is 7.22. The maximum atomic E-state index is 5.43. The Hall–Kier alpha value is -1.43. The number of benzene rings is 1. The highest BCUT2D eigenvalue weighted by atomic mass is 16.5. The van der Waals surface area contributed by atoms with Crippen LogP contribution in [0, 0.1) is 6.92 Å². The fourth-order valence-electron chi connectivity index (χ4n) is 3.03. The Morgan fingerprint density at radius 3 is 2.82 bits per heavy atom. The third-order valence-corrected chi connectivity index (χ3v) is 4.32. The van der Waals surface area contributed by atoms with E-state index < -0.39 is 0 Å². The minimum atomic E-state index is 0.858. The van der Waals surface area contributed by atoms with Crippen LogP contribution in [-0.4, -0.2) is 60.9 Å². The Balaban J connectivity index is 1.80. The largest absolute Gasteiger partial charge is 0.379 e. The van der Waals surface area contributed by atoms with Crippen molar-refractivity contribution in [3.63, 3.8) is 0 Å². The van der Waals surface area contributed by atoms with Crippen molar-refractivity contribution in [1.29, 1.82) is 0 Å². The van der Waals surface area contributed by atoms with Gasteiger partial charge in [0, 0.05) is 39.1 Å². The van der Waals surface area contributed by atoms with Gasteiger partial charge in [-0.1, -0.05) is 6.07 Å². The van der Waals surface area contributed by atoms with Gasteiger partial charge in [0.15, 0.2) is 0 Å². The summed E-state index contributed by atoms with van der Waals surface area (Å²) in [7, 11) is 1.99. The molecule has 1 aliphatic heterocycles. The van der Waals surface area contributed by atoms with Gasteiger partial charge in [0.05, 0.1) is 24.2 Å². The topological polar surface area (TPSA) is 42.3 Å². The van der Waals surface area contributed by atoms with Gasteiger partial charge in [-0.15, -0.1) is 0 Å². The quantitative estimate of drug-likeness (QED) is 0.877. The summed E-state index contributed by atoms with van der Waals surface area (Å²) in [6.07, 6.45) is 0.966. The van der Waals surface area contributed by atoms with Crippen LogP contribution < -0.4 is 5.32 Å². The number of hydrogen-bond donors (Lipinski definition) is 1. The molecule has 0 aliphatic carbocycles. The molecule has 0 amide bonds. The van der Waals surface area contributed by atoms with Crippen LogP contribution >= 0.6 is 0 Å². The average Bonchev–Trinajstić information content (AvgIpc) is 2.88. The average molecular weight is 302 g/mol. The fourth-order valence-corrected chi connectivity index (χ4v) is 3.03. The molecule has 1 saturated heterocycles. The Kier molecular flexibility index (Phi) is 5.08. The van der Waals surface area contributed by atoms with E-state index >= 15 is 0 Å². The predicted molar refractivity (Wildman–Crippen MR) is 89.4 cm³/mol. The molecule has 120 valence electrons. The van der Waals surface area contributed by atoms with Gasteiger partial charge in [-0.3, -0.25) is 4.90 Å². The summed E-state index contributed by atoms with van der Waals surface area (Å²) in [5.41, 5.74) is 3.64. The van der Waals surface area contributed by atoms with E-state index in [4.69, 9.17) is 9.72 Å². The van der Waals surface area contributed by atoms with E-state index in [1.807, 2.05) is 7.05 Å². The number of nitrogens with zero attached hydrogens (tertiary/aromatic N) is 3. The van der Waals surface area contributed by atoms with Crippen LogP contribution in [0.3, 0.4) is 0 Å². The molecule has 2 aromatic rings. The highest BCUT2D eigenvalue weighted by Crippen LogP contribution is 2.18. The Labute approximate surface area is 132 Å². The van der Waals surface area contributed by atoms with E-state index in [1.54, 1.807) is 0 Å². The SMILES string of the molecule is CNCCc1nc2cc(C)ccc2n1CCN1CCOCC1. The van der Waals surface area contributed by atoms with E-state index in [0.29, 0.717) is 0 Å².